The highest BCUT2D eigenvalue weighted by atomic mass is 16.4. The molecule has 0 aromatic heterocycles. The molecular weight excluding hydrogens is 140 g/mol. The minimum atomic E-state index is -1.21. The fraction of sp³-hybridized carbons (Fsp3) is 0.500. The van der Waals surface area contributed by atoms with Crippen molar-refractivity contribution in [1.82, 2.24) is 0 Å². The molecule has 0 aliphatic heterocycles. The second kappa shape index (κ2) is 3.54. The Morgan fingerprint density at radius 2 is 1.50 bits per heavy atom. The first-order chi connectivity index (χ1) is 4.52. The van der Waals surface area contributed by atoms with Crippen molar-refractivity contribution in [3.05, 3.63) is 0 Å². The molecule has 0 amide bonds. The Kier molecular flexibility index (Phi) is 3.03. The Hall–Kier alpha value is -1.46. The maximum atomic E-state index is 9.84. The minimum absolute atomic E-state index is 0.449. The van der Waals surface area contributed by atoms with Gasteiger partial charge in [-0.15, -0.1) is 4.70 Å². The van der Waals surface area contributed by atoms with Crippen LogP contribution in [0.4, 0.5) is 0 Å². The summed E-state index contributed by atoms with van der Waals surface area (Å²) < 4.78 is 0.449. The molecule has 0 saturated heterocycles. The zero-order valence-corrected chi connectivity index (χ0v) is 5.07. The van der Waals surface area contributed by atoms with Crippen LogP contribution in [0.25, 0.3) is 0 Å². The summed E-state index contributed by atoms with van der Waals surface area (Å²) in [5, 5.41) is 16.1. The monoisotopic (exact) mass is 147 g/mol. The molecule has 10 heavy (non-hydrogen) atoms. The topological polar surface area (TPSA) is 101 Å². The third-order valence-electron chi connectivity index (χ3n) is 0.652. The summed E-state index contributed by atoms with van der Waals surface area (Å²) in [4.78, 5) is 19.7. The molecule has 0 spiro atoms. The maximum Gasteiger partial charge on any atom is 0.372 e. The lowest BCUT2D eigenvalue weighted by molar-refractivity contribution is -0.596. The summed E-state index contributed by atoms with van der Waals surface area (Å²) in [5.41, 5.74) is 6.70. The van der Waals surface area contributed by atoms with Gasteiger partial charge in [0.15, 0.2) is 0 Å². The minimum Gasteiger partial charge on any atom is -0.477 e. The molecular formula is C4H7N2O4+. The molecule has 0 heterocycles. The largest absolute Gasteiger partial charge is 0.477 e. The highest BCUT2D eigenvalue weighted by molar-refractivity contribution is 5.69. The van der Waals surface area contributed by atoms with E-state index < -0.39 is 25.0 Å². The Labute approximate surface area is 56.2 Å². The van der Waals surface area contributed by atoms with Gasteiger partial charge in [-0.1, -0.05) is 5.53 Å². The Morgan fingerprint density at radius 1 is 1.20 bits per heavy atom. The number of carboxylic acids is 2. The van der Waals surface area contributed by atoms with E-state index in [1.807, 2.05) is 0 Å². The van der Waals surface area contributed by atoms with Crippen LogP contribution in [0.3, 0.4) is 0 Å². The second-order valence-electron chi connectivity index (χ2n) is 1.64. The molecule has 0 rings (SSSR count). The fourth-order valence-electron chi connectivity index (χ4n) is 0.382. The van der Waals surface area contributed by atoms with Crippen LogP contribution in [0.1, 0.15) is 0 Å². The zero-order chi connectivity index (χ0) is 8.15. The number of carbonyl (C=O) groups is 2. The van der Waals surface area contributed by atoms with Gasteiger partial charge in [-0.2, -0.15) is 0 Å². The summed E-state index contributed by atoms with van der Waals surface area (Å²) in [6.07, 6.45) is 0. The molecule has 6 heteroatoms. The van der Waals surface area contributed by atoms with E-state index in [1.165, 1.54) is 0 Å². The fourth-order valence-corrected chi connectivity index (χ4v) is 0.382. The van der Waals surface area contributed by atoms with Crippen LogP contribution in [0.2, 0.25) is 0 Å². The lowest BCUT2D eigenvalue weighted by Crippen LogP contribution is -2.23. The van der Waals surface area contributed by atoms with Crippen LogP contribution in [0, 0.1) is 5.53 Å². The molecule has 56 valence electrons. The lowest BCUT2D eigenvalue weighted by Gasteiger charge is -1.88. The zero-order valence-electron chi connectivity index (χ0n) is 5.07. The Morgan fingerprint density at radius 3 is 1.70 bits per heavy atom. The van der Waals surface area contributed by atoms with Gasteiger partial charge in [0, 0.05) is 0 Å². The van der Waals surface area contributed by atoms with Gasteiger partial charge in [0.05, 0.1) is 0 Å². The van der Waals surface area contributed by atoms with E-state index in [4.69, 9.17) is 15.7 Å². The summed E-state index contributed by atoms with van der Waals surface area (Å²) in [5.74, 6) is -2.42. The predicted molar refractivity (Wildman–Crippen MR) is 28.0 cm³/mol. The molecule has 0 aromatic rings. The van der Waals surface area contributed by atoms with Crippen molar-refractivity contribution in [3.8, 4) is 0 Å². The van der Waals surface area contributed by atoms with Crippen LogP contribution in [-0.2, 0) is 9.59 Å². The molecule has 0 unspecified atom stereocenters. The summed E-state index contributed by atoms with van der Waals surface area (Å²) >= 11 is 0. The van der Waals surface area contributed by atoms with Gasteiger partial charge in [0.25, 0.3) is 13.1 Å². The summed E-state index contributed by atoms with van der Waals surface area (Å²) in [6, 6.07) is 0. The average molecular weight is 147 g/mol. The third-order valence-corrected chi connectivity index (χ3v) is 0.652. The molecule has 0 bridgehead atoms. The normalized spacial score (nSPS) is 8.80. The van der Waals surface area contributed by atoms with Crippen LogP contribution >= 0.6 is 0 Å². The standard InChI is InChI=1S/C4H6N2O4/c5-6(1-3(7)8)2-4(9)10/h5H,1-2H2,(H-,7,8,9,10)/p+1. The van der Waals surface area contributed by atoms with E-state index in [-0.39, 0.29) is 0 Å². The molecule has 3 N–H and O–H groups in total. The van der Waals surface area contributed by atoms with Crippen molar-refractivity contribution in [2.75, 3.05) is 13.1 Å². The molecule has 0 fully saturated rings. The summed E-state index contributed by atoms with van der Waals surface area (Å²) in [7, 11) is 0. The second-order valence-corrected chi connectivity index (χ2v) is 1.64. The number of aliphatic carboxylic acids is 2. The molecule has 0 aromatic carbocycles. The number of hydrogen-bond donors (Lipinski definition) is 3. The summed E-state index contributed by atoms with van der Waals surface area (Å²) in [6.45, 7) is -1.15. The first-order valence-corrected chi connectivity index (χ1v) is 2.42. The van der Waals surface area contributed by atoms with E-state index in [0.717, 1.165) is 0 Å². The van der Waals surface area contributed by atoms with E-state index in [9.17, 15) is 9.59 Å². The van der Waals surface area contributed by atoms with Gasteiger partial charge in [-0.3, -0.25) is 0 Å². The van der Waals surface area contributed by atoms with Gasteiger partial charge >= 0.3 is 11.9 Å². The van der Waals surface area contributed by atoms with E-state index >= 15 is 0 Å². The van der Waals surface area contributed by atoms with Crippen molar-refractivity contribution < 1.29 is 24.5 Å². The smallest absolute Gasteiger partial charge is 0.372 e. The van der Waals surface area contributed by atoms with Crippen LogP contribution in [0.15, 0.2) is 0 Å². The van der Waals surface area contributed by atoms with Crippen molar-refractivity contribution in [3.63, 3.8) is 0 Å². The van der Waals surface area contributed by atoms with Gasteiger partial charge in [-0.05, 0) is 0 Å². The SMILES string of the molecule is N=[N+](CC(=O)O)CC(=O)O. The van der Waals surface area contributed by atoms with Crippen molar-refractivity contribution in [2.45, 2.75) is 0 Å². The predicted octanol–water partition coefficient (Wildman–Crippen LogP) is -0.801. The first-order valence-electron chi connectivity index (χ1n) is 2.42. The van der Waals surface area contributed by atoms with Gasteiger partial charge in [0.2, 0.25) is 0 Å². The number of nitrogens with zero attached hydrogens (tertiary/aromatic N) is 1. The van der Waals surface area contributed by atoms with Crippen LogP contribution < -0.4 is 0 Å². The number of rotatable bonds is 4. The van der Waals surface area contributed by atoms with E-state index in [1.54, 1.807) is 0 Å². The van der Waals surface area contributed by atoms with Gasteiger partial charge < -0.3 is 10.2 Å². The maximum absolute atomic E-state index is 9.84. The molecule has 0 aliphatic carbocycles. The van der Waals surface area contributed by atoms with E-state index in [0.29, 0.717) is 4.70 Å². The molecule has 0 aliphatic rings. The van der Waals surface area contributed by atoms with Crippen LogP contribution in [0.5, 0.6) is 0 Å². The van der Waals surface area contributed by atoms with Gasteiger partial charge in [0.1, 0.15) is 0 Å². The number of nitrogens with one attached hydrogen (secondary N) is 1. The average Bonchev–Trinajstić information content (AvgIpc) is 1.58. The highest BCUT2D eigenvalue weighted by Crippen LogP contribution is 1.74. The molecule has 0 atom stereocenters. The quantitative estimate of drug-likeness (QED) is 0.357. The van der Waals surface area contributed by atoms with Gasteiger partial charge in [-0.25, -0.2) is 9.59 Å². The van der Waals surface area contributed by atoms with Crippen molar-refractivity contribution in [1.29, 1.82) is 5.53 Å². The third kappa shape index (κ3) is 4.69. The molecule has 0 radical (unpaired) electrons. The van der Waals surface area contributed by atoms with Crippen molar-refractivity contribution in [2.24, 2.45) is 0 Å². The Bertz CT molecular complexity index is 158. The van der Waals surface area contributed by atoms with Crippen molar-refractivity contribution >= 4 is 11.9 Å². The highest BCUT2D eigenvalue weighted by Gasteiger charge is 2.13. The first kappa shape index (κ1) is 8.54. The number of carboxylic acid groups (broad SMARTS) is 2. The van der Waals surface area contributed by atoms with E-state index in [2.05, 4.69) is 0 Å². The molecule has 0 saturated carbocycles. The molecule has 6 nitrogen and oxygen atoms in total. The van der Waals surface area contributed by atoms with Crippen LogP contribution in [-0.4, -0.2) is 39.9 Å². The lowest BCUT2D eigenvalue weighted by atomic mass is 10.6. The number of hydrogen-bond acceptors (Lipinski definition) is 3. The Balaban J connectivity index is 3.65.